The predicted molar refractivity (Wildman–Crippen MR) is 70.0 cm³/mol. The maximum absolute atomic E-state index is 12.1. The lowest BCUT2D eigenvalue weighted by atomic mass is 10.1. The van der Waals surface area contributed by atoms with Crippen LogP contribution >= 0.6 is 0 Å². The third-order valence-corrected chi connectivity index (χ3v) is 4.47. The first-order valence-corrected chi connectivity index (χ1v) is 7.05. The zero-order valence-electron chi connectivity index (χ0n) is 11.1. The van der Waals surface area contributed by atoms with Gasteiger partial charge in [-0.05, 0) is 31.9 Å². The fourth-order valence-electron chi connectivity index (χ4n) is 1.54. The summed E-state index contributed by atoms with van der Waals surface area (Å²) >= 11 is 0. The second-order valence-corrected chi connectivity index (χ2v) is 6.01. The van der Waals surface area contributed by atoms with E-state index in [1.807, 2.05) is 4.72 Å². The maximum atomic E-state index is 12.1. The minimum atomic E-state index is -4.15. The molecule has 0 fully saturated rings. The number of hydrogen-bond donors (Lipinski definition) is 2. The SMILES string of the molecule is Cc1cc([N+](=O)[O-])cc(S(=O)(=O)N[C@@H](C)C(=O)O)c1C. The number of rotatable bonds is 5. The predicted octanol–water partition coefficient (Wildman–Crippen LogP) is 0.963. The van der Waals surface area contributed by atoms with Gasteiger partial charge in [-0.3, -0.25) is 14.9 Å². The van der Waals surface area contributed by atoms with Crippen LogP contribution in [0.1, 0.15) is 18.1 Å². The lowest BCUT2D eigenvalue weighted by molar-refractivity contribution is -0.385. The molecule has 110 valence electrons. The van der Waals surface area contributed by atoms with Gasteiger partial charge < -0.3 is 5.11 Å². The van der Waals surface area contributed by atoms with Crippen LogP contribution in [0, 0.1) is 24.0 Å². The first-order chi connectivity index (χ1) is 9.06. The van der Waals surface area contributed by atoms with Crippen molar-refractivity contribution in [3.05, 3.63) is 33.4 Å². The number of non-ortho nitro benzene ring substituents is 1. The molecule has 0 heterocycles. The molecule has 0 aliphatic carbocycles. The van der Waals surface area contributed by atoms with Crippen LogP contribution in [0.4, 0.5) is 5.69 Å². The van der Waals surface area contributed by atoms with Gasteiger partial charge in [0.15, 0.2) is 0 Å². The smallest absolute Gasteiger partial charge is 0.321 e. The summed E-state index contributed by atoms with van der Waals surface area (Å²) in [6, 6.07) is 0.841. The molecule has 0 amide bonds. The number of carboxylic acid groups (broad SMARTS) is 1. The fourth-order valence-corrected chi connectivity index (χ4v) is 3.07. The molecule has 1 aromatic rings. The topological polar surface area (TPSA) is 127 Å². The van der Waals surface area contributed by atoms with Crippen LogP contribution < -0.4 is 4.72 Å². The van der Waals surface area contributed by atoms with Gasteiger partial charge in [0.1, 0.15) is 6.04 Å². The lowest BCUT2D eigenvalue weighted by Gasteiger charge is -2.13. The molecule has 0 spiro atoms. The van der Waals surface area contributed by atoms with Gasteiger partial charge in [0.2, 0.25) is 10.0 Å². The van der Waals surface area contributed by atoms with E-state index in [2.05, 4.69) is 0 Å². The van der Waals surface area contributed by atoms with Crippen molar-refractivity contribution in [1.29, 1.82) is 0 Å². The molecule has 0 aromatic heterocycles. The second kappa shape index (κ2) is 5.55. The van der Waals surface area contributed by atoms with E-state index >= 15 is 0 Å². The van der Waals surface area contributed by atoms with Crippen LogP contribution in [0.3, 0.4) is 0 Å². The summed E-state index contributed by atoms with van der Waals surface area (Å²) in [6.07, 6.45) is 0. The largest absolute Gasteiger partial charge is 0.480 e. The molecule has 0 unspecified atom stereocenters. The molecule has 1 rings (SSSR count). The Balaban J connectivity index is 3.38. The van der Waals surface area contributed by atoms with Gasteiger partial charge in [0, 0.05) is 12.1 Å². The van der Waals surface area contributed by atoms with Crippen molar-refractivity contribution in [2.24, 2.45) is 0 Å². The molecule has 8 nitrogen and oxygen atoms in total. The summed E-state index contributed by atoms with van der Waals surface area (Å²) in [5.74, 6) is -1.34. The van der Waals surface area contributed by atoms with Crippen molar-refractivity contribution >= 4 is 21.7 Å². The Bertz CT molecular complexity index is 668. The zero-order valence-corrected chi connectivity index (χ0v) is 11.9. The van der Waals surface area contributed by atoms with Crippen molar-refractivity contribution in [2.45, 2.75) is 31.7 Å². The van der Waals surface area contributed by atoms with Crippen molar-refractivity contribution in [3.63, 3.8) is 0 Å². The quantitative estimate of drug-likeness (QED) is 0.616. The number of aliphatic carboxylic acids is 1. The van der Waals surface area contributed by atoms with Gasteiger partial charge in [-0.1, -0.05) is 0 Å². The molecular weight excluding hydrogens is 288 g/mol. The molecular formula is C11H14N2O6S. The van der Waals surface area contributed by atoms with Crippen LogP contribution in [0.15, 0.2) is 17.0 Å². The number of nitrogens with zero attached hydrogens (tertiary/aromatic N) is 1. The molecule has 0 aliphatic heterocycles. The first kappa shape index (κ1) is 16.1. The van der Waals surface area contributed by atoms with Crippen molar-refractivity contribution < 1.29 is 23.2 Å². The minimum Gasteiger partial charge on any atom is -0.480 e. The van der Waals surface area contributed by atoms with Crippen molar-refractivity contribution in [2.75, 3.05) is 0 Å². The van der Waals surface area contributed by atoms with Gasteiger partial charge in [-0.15, -0.1) is 0 Å². The van der Waals surface area contributed by atoms with Crippen LogP contribution in [0.5, 0.6) is 0 Å². The lowest BCUT2D eigenvalue weighted by Crippen LogP contribution is -2.38. The number of sulfonamides is 1. The van der Waals surface area contributed by atoms with E-state index < -0.39 is 27.0 Å². The maximum Gasteiger partial charge on any atom is 0.321 e. The summed E-state index contributed by atoms with van der Waals surface area (Å²) in [6.45, 7) is 4.21. The number of benzene rings is 1. The standard InChI is InChI=1S/C11H14N2O6S/c1-6-4-9(13(16)17)5-10(7(6)2)20(18,19)12-8(3)11(14)15/h4-5,8,12H,1-3H3,(H,14,15)/t8-/m0/s1. The minimum absolute atomic E-state index is 0.294. The summed E-state index contributed by atoms with van der Waals surface area (Å²) in [7, 11) is -4.15. The van der Waals surface area contributed by atoms with E-state index in [1.54, 1.807) is 6.92 Å². The van der Waals surface area contributed by atoms with E-state index in [0.29, 0.717) is 11.1 Å². The van der Waals surface area contributed by atoms with E-state index in [1.165, 1.54) is 19.9 Å². The number of hydrogen-bond acceptors (Lipinski definition) is 5. The number of carbonyl (C=O) groups is 1. The van der Waals surface area contributed by atoms with Crippen LogP contribution in [0.2, 0.25) is 0 Å². The molecule has 0 aliphatic rings. The van der Waals surface area contributed by atoms with E-state index in [0.717, 1.165) is 6.07 Å². The number of aryl methyl sites for hydroxylation is 1. The Morgan fingerprint density at radius 3 is 2.40 bits per heavy atom. The van der Waals surface area contributed by atoms with E-state index in [9.17, 15) is 23.3 Å². The van der Waals surface area contributed by atoms with E-state index in [4.69, 9.17) is 5.11 Å². The number of nitro benzene ring substituents is 1. The molecule has 0 bridgehead atoms. The van der Waals surface area contributed by atoms with Gasteiger partial charge in [-0.25, -0.2) is 8.42 Å². The number of nitro groups is 1. The zero-order chi connectivity index (χ0) is 15.7. The Labute approximate surface area is 115 Å². The highest BCUT2D eigenvalue weighted by molar-refractivity contribution is 7.89. The van der Waals surface area contributed by atoms with E-state index in [-0.39, 0.29) is 10.6 Å². The molecule has 0 saturated carbocycles. The Hall–Kier alpha value is -2.00. The second-order valence-electron chi connectivity index (χ2n) is 4.32. The summed E-state index contributed by atoms with van der Waals surface area (Å²) in [5, 5.41) is 19.5. The van der Waals surface area contributed by atoms with Crippen LogP contribution in [0.25, 0.3) is 0 Å². The average molecular weight is 302 g/mol. The first-order valence-electron chi connectivity index (χ1n) is 5.57. The Morgan fingerprint density at radius 2 is 1.95 bits per heavy atom. The Kier molecular flexibility index (Phi) is 4.46. The number of nitrogens with one attached hydrogen (secondary N) is 1. The number of carboxylic acids is 1. The molecule has 2 N–H and O–H groups in total. The van der Waals surface area contributed by atoms with Crippen LogP contribution in [-0.4, -0.2) is 30.5 Å². The third kappa shape index (κ3) is 3.31. The molecule has 1 aromatic carbocycles. The fraction of sp³-hybridized carbons (Fsp3) is 0.364. The third-order valence-electron chi connectivity index (χ3n) is 2.81. The van der Waals surface area contributed by atoms with Gasteiger partial charge in [0.05, 0.1) is 9.82 Å². The normalized spacial score (nSPS) is 12.9. The highest BCUT2D eigenvalue weighted by atomic mass is 32.2. The summed E-state index contributed by atoms with van der Waals surface area (Å²) < 4.78 is 26.2. The molecule has 0 radical (unpaired) electrons. The van der Waals surface area contributed by atoms with Crippen molar-refractivity contribution in [1.82, 2.24) is 4.72 Å². The summed E-state index contributed by atoms with van der Waals surface area (Å²) in [5.41, 5.74) is 0.402. The highest BCUT2D eigenvalue weighted by Crippen LogP contribution is 2.25. The van der Waals surface area contributed by atoms with Gasteiger partial charge in [0.25, 0.3) is 5.69 Å². The molecule has 1 atom stereocenters. The monoisotopic (exact) mass is 302 g/mol. The highest BCUT2D eigenvalue weighted by Gasteiger charge is 2.26. The van der Waals surface area contributed by atoms with Gasteiger partial charge >= 0.3 is 5.97 Å². The molecule has 20 heavy (non-hydrogen) atoms. The van der Waals surface area contributed by atoms with Crippen molar-refractivity contribution in [3.8, 4) is 0 Å². The average Bonchev–Trinajstić information content (AvgIpc) is 2.31. The van der Waals surface area contributed by atoms with Gasteiger partial charge in [-0.2, -0.15) is 4.72 Å². The van der Waals surface area contributed by atoms with Crippen LogP contribution in [-0.2, 0) is 14.8 Å². The summed E-state index contributed by atoms with van der Waals surface area (Å²) in [4.78, 5) is 20.5. The Morgan fingerprint density at radius 1 is 1.40 bits per heavy atom. The molecule has 0 saturated heterocycles. The molecule has 9 heteroatoms.